The van der Waals surface area contributed by atoms with Gasteiger partial charge in [-0.3, -0.25) is 0 Å². The minimum atomic E-state index is 0.211. The predicted octanol–water partition coefficient (Wildman–Crippen LogP) is 1.23. The molecule has 0 unspecified atom stereocenters. The van der Waals surface area contributed by atoms with Crippen molar-refractivity contribution in [3.63, 3.8) is 0 Å². The molecule has 1 aliphatic heterocycles. The Morgan fingerprint density at radius 3 is 2.86 bits per heavy atom. The minimum absolute atomic E-state index is 0.211. The summed E-state index contributed by atoms with van der Waals surface area (Å²) in [6, 6.07) is 6.08. The first kappa shape index (κ1) is 9.49. The van der Waals surface area contributed by atoms with E-state index in [-0.39, 0.29) is 6.10 Å². The summed E-state index contributed by atoms with van der Waals surface area (Å²) in [5.74, 6) is 0.895. The van der Waals surface area contributed by atoms with Crippen LogP contribution in [0.5, 0.6) is 5.75 Å². The number of hydrogen-bond donors (Lipinski definition) is 1. The van der Waals surface area contributed by atoms with E-state index in [4.69, 9.17) is 15.2 Å². The topological polar surface area (TPSA) is 44.5 Å². The monoisotopic (exact) mass is 193 g/mol. The molecule has 0 amide bonds. The van der Waals surface area contributed by atoms with Gasteiger partial charge < -0.3 is 15.2 Å². The molecule has 0 spiro atoms. The van der Waals surface area contributed by atoms with Gasteiger partial charge in [0.2, 0.25) is 0 Å². The molecule has 1 aliphatic rings. The van der Waals surface area contributed by atoms with Crippen molar-refractivity contribution in [1.82, 2.24) is 0 Å². The van der Waals surface area contributed by atoms with Crippen LogP contribution in [0.15, 0.2) is 18.2 Å². The van der Waals surface area contributed by atoms with Crippen molar-refractivity contribution in [2.45, 2.75) is 19.6 Å². The van der Waals surface area contributed by atoms with Crippen LogP contribution in [0.3, 0.4) is 0 Å². The number of rotatable bonds is 3. The highest BCUT2D eigenvalue weighted by Gasteiger charge is 2.20. The summed E-state index contributed by atoms with van der Waals surface area (Å²) in [7, 11) is 0. The molecule has 0 radical (unpaired) electrons. The minimum Gasteiger partial charge on any atom is -0.485 e. The van der Waals surface area contributed by atoms with Gasteiger partial charge in [0.15, 0.2) is 0 Å². The van der Waals surface area contributed by atoms with Gasteiger partial charge in [0.1, 0.15) is 11.9 Å². The zero-order chi connectivity index (χ0) is 9.97. The van der Waals surface area contributed by atoms with Gasteiger partial charge in [0.25, 0.3) is 0 Å². The standard InChI is InChI=1S/C11H15NO2/c1-8-2-3-11(9(4-8)5-12)14-10-6-13-7-10/h2-4,10H,5-7,12H2,1H3. The van der Waals surface area contributed by atoms with E-state index in [1.807, 2.05) is 12.1 Å². The Bertz CT molecular complexity index is 321. The number of hydrogen-bond acceptors (Lipinski definition) is 3. The van der Waals surface area contributed by atoms with Crippen molar-refractivity contribution in [2.24, 2.45) is 5.73 Å². The summed E-state index contributed by atoms with van der Waals surface area (Å²) < 4.78 is 10.8. The van der Waals surface area contributed by atoms with Crippen molar-refractivity contribution in [2.75, 3.05) is 13.2 Å². The van der Waals surface area contributed by atoms with Crippen molar-refractivity contribution < 1.29 is 9.47 Å². The van der Waals surface area contributed by atoms with Crippen molar-refractivity contribution >= 4 is 0 Å². The smallest absolute Gasteiger partial charge is 0.145 e. The molecule has 0 atom stereocenters. The van der Waals surface area contributed by atoms with Gasteiger partial charge in [-0.1, -0.05) is 17.7 Å². The fraction of sp³-hybridized carbons (Fsp3) is 0.455. The van der Waals surface area contributed by atoms with Crippen molar-refractivity contribution in [3.8, 4) is 5.75 Å². The third-order valence-corrected chi connectivity index (χ3v) is 2.34. The molecule has 0 aliphatic carbocycles. The lowest BCUT2D eigenvalue weighted by molar-refractivity contribution is -0.0799. The Labute approximate surface area is 83.8 Å². The number of nitrogens with two attached hydrogens (primary N) is 1. The first-order valence-corrected chi connectivity index (χ1v) is 4.83. The SMILES string of the molecule is Cc1ccc(OC2COC2)c(CN)c1. The first-order valence-electron chi connectivity index (χ1n) is 4.83. The number of aryl methyl sites for hydroxylation is 1. The molecule has 3 heteroatoms. The molecule has 1 saturated heterocycles. The lowest BCUT2D eigenvalue weighted by atomic mass is 10.1. The predicted molar refractivity (Wildman–Crippen MR) is 54.3 cm³/mol. The van der Waals surface area contributed by atoms with E-state index in [1.54, 1.807) is 0 Å². The van der Waals surface area contributed by atoms with Crippen LogP contribution in [0.25, 0.3) is 0 Å². The van der Waals surface area contributed by atoms with Gasteiger partial charge >= 0.3 is 0 Å². The second-order valence-electron chi connectivity index (χ2n) is 3.59. The second-order valence-corrected chi connectivity index (χ2v) is 3.59. The van der Waals surface area contributed by atoms with Gasteiger partial charge in [-0.25, -0.2) is 0 Å². The largest absolute Gasteiger partial charge is 0.485 e. The molecular formula is C11H15NO2. The maximum absolute atomic E-state index is 5.72. The number of ether oxygens (including phenoxy) is 2. The van der Waals surface area contributed by atoms with Crippen molar-refractivity contribution in [1.29, 1.82) is 0 Å². The molecule has 14 heavy (non-hydrogen) atoms. The van der Waals surface area contributed by atoms with Crippen LogP contribution in [-0.2, 0) is 11.3 Å². The highest BCUT2D eigenvalue weighted by atomic mass is 16.6. The van der Waals surface area contributed by atoms with E-state index >= 15 is 0 Å². The molecule has 0 saturated carbocycles. The van der Waals surface area contributed by atoms with Gasteiger partial charge in [-0.15, -0.1) is 0 Å². The molecule has 76 valence electrons. The van der Waals surface area contributed by atoms with Crippen LogP contribution in [-0.4, -0.2) is 19.3 Å². The van der Waals surface area contributed by atoms with Crippen LogP contribution < -0.4 is 10.5 Å². The summed E-state index contributed by atoms with van der Waals surface area (Å²) in [4.78, 5) is 0. The number of benzene rings is 1. The zero-order valence-corrected chi connectivity index (χ0v) is 8.32. The first-order chi connectivity index (χ1) is 6.79. The molecule has 0 aromatic heterocycles. The fourth-order valence-corrected chi connectivity index (χ4v) is 1.44. The van der Waals surface area contributed by atoms with Gasteiger partial charge in [-0.2, -0.15) is 0 Å². The fourth-order valence-electron chi connectivity index (χ4n) is 1.44. The maximum atomic E-state index is 5.72. The Morgan fingerprint density at radius 2 is 2.29 bits per heavy atom. The van der Waals surface area contributed by atoms with Crippen LogP contribution in [0.4, 0.5) is 0 Å². The molecule has 1 heterocycles. The Balaban J connectivity index is 2.14. The van der Waals surface area contributed by atoms with Gasteiger partial charge in [0, 0.05) is 12.1 Å². The molecular weight excluding hydrogens is 178 g/mol. The third kappa shape index (κ3) is 1.89. The molecule has 2 N–H and O–H groups in total. The molecule has 2 rings (SSSR count). The summed E-state index contributed by atoms with van der Waals surface area (Å²) >= 11 is 0. The summed E-state index contributed by atoms with van der Waals surface area (Å²) in [6.07, 6.45) is 0.211. The van der Waals surface area contributed by atoms with E-state index in [0.717, 1.165) is 11.3 Å². The summed E-state index contributed by atoms with van der Waals surface area (Å²) in [5, 5.41) is 0. The van der Waals surface area contributed by atoms with Gasteiger partial charge in [0.05, 0.1) is 13.2 Å². The highest BCUT2D eigenvalue weighted by Crippen LogP contribution is 2.22. The van der Waals surface area contributed by atoms with Crippen LogP contribution in [0.2, 0.25) is 0 Å². The van der Waals surface area contributed by atoms with E-state index in [9.17, 15) is 0 Å². The van der Waals surface area contributed by atoms with E-state index in [1.165, 1.54) is 5.56 Å². The third-order valence-electron chi connectivity index (χ3n) is 2.34. The average molecular weight is 193 g/mol. The molecule has 1 fully saturated rings. The second kappa shape index (κ2) is 3.98. The zero-order valence-electron chi connectivity index (χ0n) is 8.32. The van der Waals surface area contributed by atoms with E-state index in [0.29, 0.717) is 19.8 Å². The quantitative estimate of drug-likeness (QED) is 0.785. The Kier molecular flexibility index (Phi) is 2.70. The lowest BCUT2D eigenvalue weighted by Gasteiger charge is -2.27. The summed E-state index contributed by atoms with van der Waals surface area (Å²) in [6.45, 7) is 3.95. The van der Waals surface area contributed by atoms with Crippen LogP contribution in [0.1, 0.15) is 11.1 Å². The molecule has 0 bridgehead atoms. The van der Waals surface area contributed by atoms with E-state index < -0.39 is 0 Å². The average Bonchev–Trinajstić information content (AvgIpc) is 2.13. The van der Waals surface area contributed by atoms with Gasteiger partial charge in [-0.05, 0) is 13.0 Å². The Morgan fingerprint density at radius 1 is 1.50 bits per heavy atom. The van der Waals surface area contributed by atoms with Crippen LogP contribution in [0, 0.1) is 6.92 Å². The normalized spacial score (nSPS) is 16.4. The molecule has 1 aromatic carbocycles. The molecule has 3 nitrogen and oxygen atoms in total. The Hall–Kier alpha value is -1.06. The lowest BCUT2D eigenvalue weighted by Crippen LogP contribution is -2.38. The highest BCUT2D eigenvalue weighted by molar-refractivity contribution is 5.37. The maximum Gasteiger partial charge on any atom is 0.145 e. The summed E-state index contributed by atoms with van der Waals surface area (Å²) in [5.41, 5.74) is 7.92. The molecule has 1 aromatic rings. The van der Waals surface area contributed by atoms with Crippen LogP contribution >= 0.6 is 0 Å². The van der Waals surface area contributed by atoms with E-state index in [2.05, 4.69) is 13.0 Å². The van der Waals surface area contributed by atoms with Crippen molar-refractivity contribution in [3.05, 3.63) is 29.3 Å².